The highest BCUT2D eigenvalue weighted by atomic mass is 79.9. The molecule has 9 heteroatoms. The topological polar surface area (TPSA) is 107 Å². The molecule has 1 atom stereocenters. The Morgan fingerprint density at radius 3 is 2.45 bits per heavy atom. The summed E-state index contributed by atoms with van der Waals surface area (Å²) in [7, 11) is -2.23. The molecule has 0 aliphatic heterocycles. The molecule has 0 radical (unpaired) electrons. The van der Waals surface area contributed by atoms with Crippen molar-refractivity contribution < 1.29 is 13.3 Å². The molecule has 1 aromatic carbocycles. The number of nitrogens with two attached hydrogens (primary N) is 1. The molecule has 0 saturated carbocycles. The summed E-state index contributed by atoms with van der Waals surface area (Å²) < 4.78 is 26.2. The number of nitro benzene ring substituents is 1. The smallest absolute Gasteiger partial charge is 0.283 e. The van der Waals surface area contributed by atoms with Crippen LogP contribution in [-0.2, 0) is 10.0 Å². The SMILES string of the molecule is CC(C)C(N)CCN(C)S(=O)(=O)c1ccc([N+](=O)[O-])c(Br)c1. The van der Waals surface area contributed by atoms with Crippen LogP contribution in [-0.4, -0.2) is 37.3 Å². The molecule has 0 heterocycles. The van der Waals surface area contributed by atoms with E-state index >= 15 is 0 Å². The summed E-state index contributed by atoms with van der Waals surface area (Å²) in [5.41, 5.74) is 5.74. The molecule has 7 nitrogen and oxygen atoms in total. The summed E-state index contributed by atoms with van der Waals surface area (Å²) in [5, 5.41) is 10.8. The molecule has 124 valence electrons. The van der Waals surface area contributed by atoms with Crippen molar-refractivity contribution in [2.45, 2.75) is 31.2 Å². The molecule has 0 bridgehead atoms. The lowest BCUT2D eigenvalue weighted by molar-refractivity contribution is -0.385. The zero-order valence-corrected chi connectivity index (χ0v) is 15.1. The molecule has 0 amide bonds. The van der Waals surface area contributed by atoms with E-state index in [1.807, 2.05) is 13.8 Å². The molecule has 0 aliphatic rings. The van der Waals surface area contributed by atoms with Gasteiger partial charge in [-0.15, -0.1) is 0 Å². The first kappa shape index (κ1) is 19.0. The zero-order chi connectivity index (χ0) is 17.1. The van der Waals surface area contributed by atoms with Crippen LogP contribution in [0.15, 0.2) is 27.6 Å². The number of nitro groups is 1. The third-order valence-corrected chi connectivity index (χ3v) is 5.95. The van der Waals surface area contributed by atoms with Crippen LogP contribution < -0.4 is 5.73 Å². The number of halogens is 1. The summed E-state index contributed by atoms with van der Waals surface area (Å²) in [6.45, 7) is 4.25. The summed E-state index contributed by atoms with van der Waals surface area (Å²) in [6.07, 6.45) is 0.543. The first-order valence-electron chi connectivity index (χ1n) is 6.73. The van der Waals surface area contributed by atoms with Crippen molar-refractivity contribution >= 4 is 31.6 Å². The lowest BCUT2D eigenvalue weighted by atomic mass is 10.0. The number of hydrogen-bond donors (Lipinski definition) is 1. The van der Waals surface area contributed by atoms with E-state index in [2.05, 4.69) is 15.9 Å². The van der Waals surface area contributed by atoms with Crippen molar-refractivity contribution in [2.24, 2.45) is 11.7 Å². The second-order valence-electron chi connectivity index (χ2n) is 5.39. The van der Waals surface area contributed by atoms with Crippen molar-refractivity contribution in [2.75, 3.05) is 13.6 Å². The van der Waals surface area contributed by atoms with E-state index in [1.54, 1.807) is 0 Å². The second-order valence-corrected chi connectivity index (χ2v) is 8.29. The molecule has 1 unspecified atom stereocenters. The van der Waals surface area contributed by atoms with Gasteiger partial charge in [-0.2, -0.15) is 0 Å². The fourth-order valence-corrected chi connectivity index (χ4v) is 3.65. The van der Waals surface area contributed by atoms with Crippen molar-refractivity contribution in [1.29, 1.82) is 0 Å². The summed E-state index contributed by atoms with van der Waals surface area (Å²) in [5.74, 6) is 0.268. The molecule has 1 aromatic rings. The molecule has 2 N–H and O–H groups in total. The van der Waals surface area contributed by atoms with E-state index < -0.39 is 14.9 Å². The largest absolute Gasteiger partial charge is 0.327 e. The van der Waals surface area contributed by atoms with Gasteiger partial charge in [0.05, 0.1) is 14.3 Å². The van der Waals surface area contributed by atoms with Crippen LogP contribution >= 0.6 is 15.9 Å². The molecule has 0 spiro atoms. The van der Waals surface area contributed by atoms with Crippen LogP contribution in [0, 0.1) is 16.0 Å². The van der Waals surface area contributed by atoms with Gasteiger partial charge in [-0.05, 0) is 40.4 Å². The number of hydrogen-bond acceptors (Lipinski definition) is 5. The van der Waals surface area contributed by atoms with Gasteiger partial charge in [0.15, 0.2) is 0 Å². The normalized spacial score (nSPS) is 13.6. The monoisotopic (exact) mass is 393 g/mol. The predicted molar refractivity (Wildman–Crippen MR) is 88.0 cm³/mol. The van der Waals surface area contributed by atoms with E-state index in [0.29, 0.717) is 6.42 Å². The van der Waals surface area contributed by atoms with Gasteiger partial charge < -0.3 is 5.73 Å². The predicted octanol–water partition coefficient (Wildman–Crippen LogP) is 2.35. The van der Waals surface area contributed by atoms with Crippen molar-refractivity contribution in [3.63, 3.8) is 0 Å². The van der Waals surface area contributed by atoms with Crippen molar-refractivity contribution in [3.8, 4) is 0 Å². The molecule has 0 aliphatic carbocycles. The van der Waals surface area contributed by atoms with Gasteiger partial charge >= 0.3 is 0 Å². The van der Waals surface area contributed by atoms with Crippen LogP contribution in [0.3, 0.4) is 0 Å². The number of benzene rings is 1. The zero-order valence-electron chi connectivity index (χ0n) is 12.7. The molecule has 0 aromatic heterocycles. The van der Waals surface area contributed by atoms with Gasteiger partial charge in [-0.25, -0.2) is 12.7 Å². The molecular weight excluding hydrogens is 374 g/mol. The van der Waals surface area contributed by atoms with Gasteiger partial charge in [0, 0.05) is 25.7 Å². The highest BCUT2D eigenvalue weighted by Gasteiger charge is 2.24. The Kier molecular flexibility index (Phi) is 6.48. The average molecular weight is 394 g/mol. The summed E-state index contributed by atoms with van der Waals surface area (Å²) in [4.78, 5) is 10.2. The number of nitrogens with zero attached hydrogens (tertiary/aromatic N) is 2. The molecule has 0 saturated heterocycles. The van der Waals surface area contributed by atoms with Crippen LogP contribution in [0.25, 0.3) is 0 Å². The van der Waals surface area contributed by atoms with E-state index in [9.17, 15) is 18.5 Å². The molecule has 0 fully saturated rings. The summed E-state index contributed by atoms with van der Waals surface area (Å²) >= 11 is 3.03. The highest BCUT2D eigenvalue weighted by molar-refractivity contribution is 9.10. The van der Waals surface area contributed by atoms with Crippen LogP contribution in [0.2, 0.25) is 0 Å². The Labute approximate surface area is 138 Å². The lowest BCUT2D eigenvalue weighted by Crippen LogP contribution is -2.34. The Hall–Kier alpha value is -1.03. The van der Waals surface area contributed by atoms with Crippen LogP contribution in [0.4, 0.5) is 5.69 Å². The molecule has 22 heavy (non-hydrogen) atoms. The maximum Gasteiger partial charge on any atom is 0.283 e. The second kappa shape index (κ2) is 7.49. The van der Waals surface area contributed by atoms with Crippen molar-refractivity contribution in [3.05, 3.63) is 32.8 Å². The number of sulfonamides is 1. The van der Waals surface area contributed by atoms with Gasteiger partial charge in [0.25, 0.3) is 5.69 Å². The van der Waals surface area contributed by atoms with E-state index in [1.165, 1.54) is 29.6 Å². The summed E-state index contributed by atoms with van der Waals surface area (Å²) in [6, 6.07) is 3.56. The van der Waals surface area contributed by atoms with Crippen molar-refractivity contribution in [1.82, 2.24) is 4.31 Å². The van der Waals surface area contributed by atoms with Crippen LogP contribution in [0.5, 0.6) is 0 Å². The standard InChI is InChI=1S/C13H20BrN3O4S/c1-9(2)12(15)6-7-16(3)22(20,21)10-4-5-13(17(18)19)11(14)8-10/h4-5,8-9,12H,6-7,15H2,1-3H3. The third-order valence-electron chi connectivity index (χ3n) is 3.46. The van der Waals surface area contributed by atoms with Gasteiger partial charge in [-0.3, -0.25) is 10.1 Å². The minimum atomic E-state index is -3.70. The van der Waals surface area contributed by atoms with Crippen LogP contribution in [0.1, 0.15) is 20.3 Å². The maximum atomic E-state index is 12.4. The molecular formula is C13H20BrN3O4S. The van der Waals surface area contributed by atoms with Gasteiger partial charge in [0.1, 0.15) is 0 Å². The minimum absolute atomic E-state index is 0.00518. The quantitative estimate of drug-likeness (QED) is 0.564. The van der Waals surface area contributed by atoms with Gasteiger partial charge in [0.2, 0.25) is 10.0 Å². The maximum absolute atomic E-state index is 12.4. The third kappa shape index (κ3) is 4.48. The first-order chi connectivity index (χ1) is 10.1. The Bertz CT molecular complexity index is 649. The lowest BCUT2D eigenvalue weighted by Gasteiger charge is -2.21. The first-order valence-corrected chi connectivity index (χ1v) is 8.96. The Balaban J connectivity index is 2.94. The van der Waals surface area contributed by atoms with Gasteiger partial charge in [-0.1, -0.05) is 13.8 Å². The highest BCUT2D eigenvalue weighted by Crippen LogP contribution is 2.28. The minimum Gasteiger partial charge on any atom is -0.327 e. The Morgan fingerprint density at radius 1 is 1.41 bits per heavy atom. The fraction of sp³-hybridized carbons (Fsp3) is 0.538. The van der Waals surface area contributed by atoms with E-state index in [0.717, 1.165) is 0 Å². The fourth-order valence-electron chi connectivity index (χ4n) is 1.76. The average Bonchev–Trinajstić information content (AvgIpc) is 2.43. The number of rotatable bonds is 7. The van der Waals surface area contributed by atoms with E-state index in [4.69, 9.17) is 5.73 Å². The Morgan fingerprint density at radius 2 is 2.00 bits per heavy atom. The van der Waals surface area contributed by atoms with E-state index in [-0.39, 0.29) is 33.6 Å². The molecule has 1 rings (SSSR count).